The SMILES string of the molecule is COC(=O)N[C@H](C(=O)N1C[C@@H](C)C[C@H]1c1ncc(-c2ccc(C#Cc3ccc(-c4cnc([C@@H]5C[C@H](C)CN5C(=O)[C@@H](NC(=O)OC)C5CCOCC5)[nH]4)cc3)cc2)[nH]1)C1CCOCC1. The van der Waals surface area contributed by atoms with Gasteiger partial charge in [-0.05, 0) is 97.6 Å². The van der Waals surface area contributed by atoms with Gasteiger partial charge in [-0.25, -0.2) is 19.6 Å². The van der Waals surface area contributed by atoms with Crippen LogP contribution in [0.25, 0.3) is 22.5 Å². The summed E-state index contributed by atoms with van der Waals surface area (Å²) in [6.07, 6.45) is 6.61. The number of aromatic nitrogens is 4. The van der Waals surface area contributed by atoms with Crippen LogP contribution in [0.1, 0.15) is 87.2 Å². The fraction of sp³-hybridized carbons (Fsp3) is 0.500. The number of benzene rings is 2. The first kappa shape index (κ1) is 44.4. The monoisotopic (exact) mass is 874 g/mol. The van der Waals surface area contributed by atoms with Crippen LogP contribution in [-0.2, 0) is 28.5 Å². The highest BCUT2D eigenvalue weighted by molar-refractivity contribution is 5.87. The molecule has 4 saturated heterocycles. The van der Waals surface area contributed by atoms with Crippen molar-refractivity contribution in [3.8, 4) is 34.4 Å². The zero-order valence-electron chi connectivity index (χ0n) is 36.9. The zero-order valence-corrected chi connectivity index (χ0v) is 36.9. The second kappa shape index (κ2) is 20.1. The molecule has 8 rings (SSSR count). The minimum Gasteiger partial charge on any atom is -0.453 e. The van der Waals surface area contributed by atoms with Crippen molar-refractivity contribution >= 4 is 24.0 Å². The summed E-state index contributed by atoms with van der Waals surface area (Å²) in [5, 5.41) is 5.64. The number of ether oxygens (including phenoxy) is 4. The fourth-order valence-corrected chi connectivity index (χ4v) is 9.60. The van der Waals surface area contributed by atoms with E-state index in [2.05, 4.69) is 46.3 Å². The van der Waals surface area contributed by atoms with Crippen LogP contribution in [0, 0.1) is 35.5 Å². The molecular formula is C48H58N8O8. The molecule has 0 unspecified atom stereocenters. The van der Waals surface area contributed by atoms with Crippen molar-refractivity contribution in [2.24, 2.45) is 23.7 Å². The van der Waals surface area contributed by atoms with Crippen molar-refractivity contribution < 1.29 is 38.1 Å². The molecule has 0 bridgehead atoms. The summed E-state index contributed by atoms with van der Waals surface area (Å²) in [7, 11) is 2.61. The molecule has 4 N–H and O–H groups in total. The number of imidazole rings is 2. The van der Waals surface area contributed by atoms with E-state index < -0.39 is 24.3 Å². The molecule has 4 fully saturated rings. The lowest BCUT2D eigenvalue weighted by Crippen LogP contribution is -2.53. The fourth-order valence-electron chi connectivity index (χ4n) is 9.60. The van der Waals surface area contributed by atoms with E-state index in [-0.39, 0.29) is 47.6 Å². The van der Waals surface area contributed by atoms with Crippen LogP contribution in [0.3, 0.4) is 0 Å². The average molecular weight is 875 g/mol. The van der Waals surface area contributed by atoms with Crippen LogP contribution < -0.4 is 10.6 Å². The van der Waals surface area contributed by atoms with E-state index in [1.807, 2.05) is 58.3 Å². The van der Waals surface area contributed by atoms with Crippen molar-refractivity contribution in [1.29, 1.82) is 0 Å². The highest BCUT2D eigenvalue weighted by atomic mass is 16.5. The number of alkyl carbamates (subject to hydrolysis) is 2. The summed E-state index contributed by atoms with van der Waals surface area (Å²) in [6.45, 7) is 7.60. The summed E-state index contributed by atoms with van der Waals surface area (Å²) in [6, 6.07) is 14.0. The number of aromatic amines is 2. The summed E-state index contributed by atoms with van der Waals surface area (Å²) < 4.78 is 20.8. The van der Waals surface area contributed by atoms with Crippen molar-refractivity contribution in [2.45, 2.75) is 76.5 Å². The van der Waals surface area contributed by atoms with Gasteiger partial charge in [0.25, 0.3) is 0 Å². The number of hydrogen-bond acceptors (Lipinski definition) is 10. The molecule has 16 heteroatoms. The van der Waals surface area contributed by atoms with E-state index in [1.54, 1.807) is 12.4 Å². The third-order valence-electron chi connectivity index (χ3n) is 13.1. The molecule has 4 aliphatic rings. The normalized spacial score (nSPS) is 22.6. The number of carbonyl (C=O) groups is 4. The van der Waals surface area contributed by atoms with Gasteiger partial charge in [0.05, 0.1) is 50.1 Å². The minimum absolute atomic E-state index is 0.0403. The molecule has 0 radical (unpaired) electrons. The van der Waals surface area contributed by atoms with Crippen LogP contribution in [0.15, 0.2) is 60.9 Å². The molecule has 2 aromatic heterocycles. The Morgan fingerprint density at radius 2 is 1.02 bits per heavy atom. The van der Waals surface area contributed by atoms with Gasteiger partial charge in [-0.2, -0.15) is 0 Å². The number of nitrogens with one attached hydrogen (secondary N) is 4. The Morgan fingerprint density at radius 3 is 1.38 bits per heavy atom. The minimum atomic E-state index is -0.700. The third-order valence-corrected chi connectivity index (χ3v) is 13.1. The van der Waals surface area contributed by atoms with Gasteiger partial charge in [0.1, 0.15) is 23.7 Å². The number of methoxy groups -OCH3 is 2. The highest BCUT2D eigenvalue weighted by Gasteiger charge is 2.43. The molecular weight excluding hydrogens is 817 g/mol. The first-order valence-corrected chi connectivity index (χ1v) is 22.4. The van der Waals surface area contributed by atoms with Gasteiger partial charge in [-0.1, -0.05) is 50.0 Å². The molecule has 0 aliphatic carbocycles. The van der Waals surface area contributed by atoms with Gasteiger partial charge in [0.2, 0.25) is 11.8 Å². The maximum Gasteiger partial charge on any atom is 0.407 e. The summed E-state index contributed by atoms with van der Waals surface area (Å²) in [5.74, 6) is 8.16. The second-order valence-corrected chi connectivity index (χ2v) is 17.6. The lowest BCUT2D eigenvalue weighted by atomic mass is 9.90. The summed E-state index contributed by atoms with van der Waals surface area (Å²) in [4.78, 5) is 72.9. The molecule has 0 saturated carbocycles. The van der Waals surface area contributed by atoms with E-state index in [1.165, 1.54) is 14.2 Å². The van der Waals surface area contributed by atoms with Gasteiger partial charge < -0.3 is 49.3 Å². The van der Waals surface area contributed by atoms with Crippen LogP contribution in [0.4, 0.5) is 9.59 Å². The lowest BCUT2D eigenvalue weighted by Gasteiger charge is -2.34. The smallest absolute Gasteiger partial charge is 0.407 e. The molecule has 2 aromatic carbocycles. The maximum absolute atomic E-state index is 14.1. The number of likely N-dealkylation sites (tertiary alicyclic amines) is 2. The van der Waals surface area contributed by atoms with Crippen molar-refractivity contribution in [3.63, 3.8) is 0 Å². The van der Waals surface area contributed by atoms with Crippen LogP contribution >= 0.6 is 0 Å². The first-order valence-electron chi connectivity index (χ1n) is 22.4. The Balaban J connectivity index is 0.903. The van der Waals surface area contributed by atoms with Gasteiger partial charge in [-0.3, -0.25) is 9.59 Å². The van der Waals surface area contributed by atoms with E-state index >= 15 is 0 Å². The van der Waals surface area contributed by atoms with Crippen LogP contribution in [0.2, 0.25) is 0 Å². The van der Waals surface area contributed by atoms with Gasteiger partial charge in [0, 0.05) is 50.6 Å². The van der Waals surface area contributed by atoms with Gasteiger partial charge >= 0.3 is 12.2 Å². The molecule has 4 aromatic rings. The van der Waals surface area contributed by atoms with E-state index in [9.17, 15) is 19.2 Å². The van der Waals surface area contributed by atoms with Crippen LogP contribution in [-0.4, -0.2) is 120 Å². The first-order chi connectivity index (χ1) is 31.1. The predicted molar refractivity (Wildman–Crippen MR) is 236 cm³/mol. The Morgan fingerprint density at radius 1 is 0.641 bits per heavy atom. The number of carbonyl (C=O) groups excluding carboxylic acids is 4. The number of hydrogen-bond donors (Lipinski definition) is 4. The summed E-state index contributed by atoms with van der Waals surface area (Å²) >= 11 is 0. The van der Waals surface area contributed by atoms with Crippen LogP contribution in [0.5, 0.6) is 0 Å². The largest absolute Gasteiger partial charge is 0.453 e. The van der Waals surface area contributed by atoms with Crippen molar-refractivity contribution in [2.75, 3.05) is 53.7 Å². The molecule has 16 nitrogen and oxygen atoms in total. The second-order valence-electron chi connectivity index (χ2n) is 17.6. The lowest BCUT2D eigenvalue weighted by molar-refractivity contribution is -0.137. The Labute approximate surface area is 373 Å². The molecule has 64 heavy (non-hydrogen) atoms. The van der Waals surface area contributed by atoms with Crippen molar-refractivity contribution in [1.82, 2.24) is 40.4 Å². The standard InChI is InChI=1S/C48H58N8O8/c1-29-23-39(55(27-29)45(57)41(53-47(59)61-3)35-15-19-63-20-16-35)43-49-25-37(51-43)33-11-7-31(8-12-33)5-6-32-9-13-34(14-10-32)38-26-50-44(52-38)40-24-30(2)28-56(40)46(58)42(54-48(60)62-4)36-17-21-64-22-18-36/h7-14,25-26,29-30,35-36,39-42H,15-24,27-28H2,1-4H3,(H,49,51)(H,50,52)(H,53,59)(H,54,60)/t29-,30-,39-,40-,41-,42-/m0/s1. The Hall–Kier alpha value is -6.18. The molecule has 4 amide bonds. The van der Waals surface area contributed by atoms with Crippen molar-refractivity contribution in [3.05, 3.63) is 83.7 Å². The Kier molecular flexibility index (Phi) is 14.0. The topological polar surface area (TPSA) is 193 Å². The highest BCUT2D eigenvalue weighted by Crippen LogP contribution is 2.38. The molecule has 0 spiro atoms. The quantitative estimate of drug-likeness (QED) is 0.138. The zero-order chi connectivity index (χ0) is 44.7. The maximum atomic E-state index is 14.1. The van der Waals surface area contributed by atoms with Gasteiger partial charge in [0.15, 0.2) is 0 Å². The average Bonchev–Trinajstić information content (AvgIpc) is 4.17. The number of rotatable bonds is 10. The number of nitrogens with zero attached hydrogens (tertiary/aromatic N) is 4. The summed E-state index contributed by atoms with van der Waals surface area (Å²) in [5.41, 5.74) is 5.28. The predicted octanol–water partition coefficient (Wildman–Crippen LogP) is 5.99. The third kappa shape index (κ3) is 10.1. The Bertz CT molecular complexity index is 2160. The number of H-pyrrole nitrogens is 2. The van der Waals surface area contributed by atoms with E-state index in [0.717, 1.165) is 46.5 Å². The molecule has 6 atom stereocenters. The molecule has 6 heterocycles. The van der Waals surface area contributed by atoms with E-state index in [4.69, 9.17) is 28.9 Å². The van der Waals surface area contributed by atoms with E-state index in [0.29, 0.717) is 76.8 Å². The van der Waals surface area contributed by atoms with Gasteiger partial charge in [-0.15, -0.1) is 0 Å². The molecule has 4 aliphatic heterocycles. The molecule has 338 valence electrons. The number of amides is 4.